The summed E-state index contributed by atoms with van der Waals surface area (Å²) >= 11 is 0. The molecule has 2 aromatic rings. The van der Waals surface area contributed by atoms with Crippen LogP contribution in [0.15, 0.2) is 72.5 Å². The second-order valence-electron chi connectivity index (χ2n) is 5.30. The van der Waals surface area contributed by atoms with Crippen LogP contribution >= 0.6 is 0 Å². The van der Waals surface area contributed by atoms with Crippen LogP contribution in [0.5, 0.6) is 0 Å². The summed E-state index contributed by atoms with van der Waals surface area (Å²) in [5.74, 6) is 0.0162. The van der Waals surface area contributed by atoms with E-state index in [1.807, 2.05) is 36.4 Å². The van der Waals surface area contributed by atoms with E-state index in [2.05, 4.69) is 0 Å². The quantitative estimate of drug-likeness (QED) is 0.846. The fraction of sp³-hybridized carbons (Fsp3) is 0.105. The number of allylic oxidation sites excluding steroid dienone is 1. The van der Waals surface area contributed by atoms with Gasteiger partial charge in [-0.3, -0.25) is 4.79 Å². The molecule has 0 aliphatic carbocycles. The number of hydrogen-bond acceptors (Lipinski definition) is 2. The molecular weight excluding hydrogens is 279 g/mol. The summed E-state index contributed by atoms with van der Waals surface area (Å²) in [6.07, 6.45) is 5.13. The minimum Gasteiger partial charge on any atom is -0.475 e. The molecule has 2 aromatic carbocycles. The van der Waals surface area contributed by atoms with Crippen molar-refractivity contribution in [3.05, 3.63) is 89.5 Å². The van der Waals surface area contributed by atoms with E-state index < -0.39 is 5.60 Å². The average molecular weight is 294 g/mol. The first-order chi connectivity index (χ1) is 10.6. The fourth-order valence-electron chi connectivity index (χ4n) is 2.38. The van der Waals surface area contributed by atoms with Gasteiger partial charge >= 0.3 is 0 Å². The van der Waals surface area contributed by atoms with Gasteiger partial charge < -0.3 is 4.74 Å². The van der Waals surface area contributed by atoms with E-state index in [0.717, 1.165) is 5.56 Å². The van der Waals surface area contributed by atoms with Crippen molar-refractivity contribution in [2.75, 3.05) is 0 Å². The molecule has 3 rings (SSSR count). The van der Waals surface area contributed by atoms with Gasteiger partial charge in [-0.25, -0.2) is 4.39 Å². The summed E-state index contributed by atoms with van der Waals surface area (Å²) < 4.78 is 18.8. The second kappa shape index (κ2) is 5.60. The zero-order valence-electron chi connectivity index (χ0n) is 12.1. The van der Waals surface area contributed by atoms with Gasteiger partial charge in [0.05, 0.1) is 0 Å². The van der Waals surface area contributed by atoms with Gasteiger partial charge in [0.1, 0.15) is 11.6 Å². The van der Waals surface area contributed by atoms with Gasteiger partial charge in [-0.2, -0.15) is 0 Å². The largest absolute Gasteiger partial charge is 0.475 e. The number of carbonyl (C=O) groups excluding carboxylic acids is 1. The summed E-state index contributed by atoms with van der Waals surface area (Å²) in [4.78, 5) is 12.3. The van der Waals surface area contributed by atoms with Crippen LogP contribution < -0.4 is 0 Å². The number of ether oxygens (including phenoxy) is 1. The summed E-state index contributed by atoms with van der Waals surface area (Å²) in [7, 11) is 0. The summed E-state index contributed by atoms with van der Waals surface area (Å²) in [6.45, 7) is 1.70. The second-order valence-corrected chi connectivity index (χ2v) is 5.30. The minimum absolute atomic E-state index is 0.146. The van der Waals surface area contributed by atoms with Gasteiger partial charge in [-0.1, -0.05) is 48.5 Å². The summed E-state index contributed by atoms with van der Waals surface area (Å²) in [5.41, 5.74) is 0.567. The van der Waals surface area contributed by atoms with Crippen LogP contribution in [-0.2, 0) is 15.1 Å². The van der Waals surface area contributed by atoms with Crippen molar-refractivity contribution in [2.24, 2.45) is 0 Å². The highest BCUT2D eigenvalue weighted by molar-refractivity contribution is 6.00. The minimum atomic E-state index is -1.09. The van der Waals surface area contributed by atoms with Crippen molar-refractivity contribution < 1.29 is 13.9 Å². The van der Waals surface area contributed by atoms with Gasteiger partial charge in [0.2, 0.25) is 5.78 Å². The molecule has 3 heteroatoms. The lowest BCUT2D eigenvalue weighted by molar-refractivity contribution is -0.129. The number of benzene rings is 2. The van der Waals surface area contributed by atoms with E-state index in [1.54, 1.807) is 25.1 Å². The third-order valence-electron chi connectivity index (χ3n) is 3.70. The molecule has 1 unspecified atom stereocenters. The molecule has 0 spiro atoms. The van der Waals surface area contributed by atoms with Crippen molar-refractivity contribution in [1.29, 1.82) is 0 Å². The highest BCUT2D eigenvalue weighted by Crippen LogP contribution is 2.35. The summed E-state index contributed by atoms with van der Waals surface area (Å²) in [5, 5.41) is 0. The molecule has 110 valence electrons. The Morgan fingerprint density at radius 3 is 2.36 bits per heavy atom. The monoisotopic (exact) mass is 294 g/mol. The average Bonchev–Trinajstić information content (AvgIpc) is 2.83. The van der Waals surface area contributed by atoms with E-state index >= 15 is 0 Å². The standard InChI is InChI=1S/C19H15FO2/c1-19(15-8-10-16(20)11-9-15)18(21)13-17(22-19)12-7-14-5-3-2-4-6-14/h2-13H,1H3/b12-7+. The van der Waals surface area contributed by atoms with Crippen LogP contribution in [0.3, 0.4) is 0 Å². The topological polar surface area (TPSA) is 26.3 Å². The predicted molar refractivity (Wildman–Crippen MR) is 83.4 cm³/mol. The van der Waals surface area contributed by atoms with E-state index in [1.165, 1.54) is 18.2 Å². The molecule has 1 heterocycles. The third-order valence-corrected chi connectivity index (χ3v) is 3.70. The Morgan fingerprint density at radius 1 is 1.00 bits per heavy atom. The Labute approximate surface area is 128 Å². The molecule has 22 heavy (non-hydrogen) atoms. The molecular formula is C19H15FO2. The van der Waals surface area contributed by atoms with E-state index in [-0.39, 0.29) is 11.6 Å². The number of rotatable bonds is 3. The van der Waals surface area contributed by atoms with Crippen molar-refractivity contribution in [2.45, 2.75) is 12.5 Å². The third kappa shape index (κ3) is 2.70. The number of carbonyl (C=O) groups is 1. The van der Waals surface area contributed by atoms with Crippen LogP contribution in [-0.4, -0.2) is 5.78 Å². The van der Waals surface area contributed by atoms with Gasteiger partial charge in [0.25, 0.3) is 0 Å². The van der Waals surface area contributed by atoms with Gasteiger partial charge in [0, 0.05) is 11.6 Å². The molecule has 0 amide bonds. The van der Waals surface area contributed by atoms with Crippen LogP contribution in [0.1, 0.15) is 18.1 Å². The highest BCUT2D eigenvalue weighted by atomic mass is 19.1. The zero-order valence-corrected chi connectivity index (χ0v) is 12.1. The van der Waals surface area contributed by atoms with Crippen LogP contribution in [0.25, 0.3) is 6.08 Å². The van der Waals surface area contributed by atoms with E-state index in [9.17, 15) is 9.18 Å². The Hall–Kier alpha value is -2.68. The molecule has 1 aliphatic heterocycles. The lowest BCUT2D eigenvalue weighted by atomic mass is 9.92. The van der Waals surface area contributed by atoms with Crippen molar-refractivity contribution in [1.82, 2.24) is 0 Å². The first kappa shape index (κ1) is 14.3. The van der Waals surface area contributed by atoms with Gasteiger partial charge in [-0.05, 0) is 30.7 Å². The molecule has 2 nitrogen and oxygen atoms in total. The smallest absolute Gasteiger partial charge is 0.207 e. The maximum Gasteiger partial charge on any atom is 0.207 e. The number of hydrogen-bond donors (Lipinski definition) is 0. The van der Waals surface area contributed by atoms with Crippen molar-refractivity contribution in [3.63, 3.8) is 0 Å². The SMILES string of the molecule is CC1(c2ccc(F)cc2)OC(/C=C/c2ccccc2)=CC1=O. The van der Waals surface area contributed by atoms with E-state index in [4.69, 9.17) is 4.74 Å². The lowest BCUT2D eigenvalue weighted by Gasteiger charge is -2.23. The fourth-order valence-corrected chi connectivity index (χ4v) is 2.38. The van der Waals surface area contributed by atoms with Gasteiger partial charge in [0.15, 0.2) is 5.60 Å². The predicted octanol–water partition coefficient (Wildman–Crippen LogP) is 4.24. The molecule has 0 saturated carbocycles. The normalized spacial score (nSPS) is 21.0. The Bertz CT molecular complexity index is 745. The molecule has 1 aliphatic rings. The maximum atomic E-state index is 13.0. The first-order valence-electron chi connectivity index (χ1n) is 7.02. The first-order valence-corrected chi connectivity index (χ1v) is 7.02. The van der Waals surface area contributed by atoms with Crippen molar-refractivity contribution >= 4 is 11.9 Å². The van der Waals surface area contributed by atoms with Crippen molar-refractivity contribution in [3.8, 4) is 0 Å². The Morgan fingerprint density at radius 2 is 1.68 bits per heavy atom. The Balaban J connectivity index is 1.81. The van der Waals surface area contributed by atoms with E-state index in [0.29, 0.717) is 11.3 Å². The number of halogens is 1. The summed E-state index contributed by atoms with van der Waals surface area (Å²) in [6, 6.07) is 15.6. The molecule has 0 aromatic heterocycles. The molecule has 0 bridgehead atoms. The molecule has 0 N–H and O–H groups in total. The highest BCUT2D eigenvalue weighted by Gasteiger charge is 2.41. The molecule has 0 radical (unpaired) electrons. The van der Waals surface area contributed by atoms with Crippen LogP contribution in [0, 0.1) is 5.82 Å². The van der Waals surface area contributed by atoms with Gasteiger partial charge in [-0.15, -0.1) is 0 Å². The van der Waals surface area contributed by atoms with Crippen LogP contribution in [0.2, 0.25) is 0 Å². The molecule has 0 saturated heterocycles. The lowest BCUT2D eigenvalue weighted by Crippen LogP contribution is -2.29. The molecule has 0 fully saturated rings. The molecule has 1 atom stereocenters. The number of ketones is 1. The maximum absolute atomic E-state index is 13.0. The Kier molecular flexibility index (Phi) is 3.63. The zero-order chi connectivity index (χ0) is 15.6. The van der Waals surface area contributed by atoms with Crippen LogP contribution in [0.4, 0.5) is 4.39 Å².